The molecule has 3 heteroatoms. The minimum absolute atomic E-state index is 0.232. The molecule has 1 fully saturated rings. The molecule has 3 nitrogen and oxygen atoms in total. The molecule has 1 heterocycles. The van der Waals surface area contributed by atoms with Crippen molar-refractivity contribution in [1.82, 2.24) is 4.90 Å². The Morgan fingerprint density at radius 1 is 1.50 bits per heavy atom. The van der Waals surface area contributed by atoms with Gasteiger partial charge in [-0.05, 0) is 6.42 Å². The molecule has 0 aromatic carbocycles. The van der Waals surface area contributed by atoms with Crippen LogP contribution in [-0.2, 0) is 9.53 Å². The third-order valence-electron chi connectivity index (χ3n) is 2.52. The molecule has 1 saturated heterocycles. The average molecular weight is 199 g/mol. The maximum absolute atomic E-state index is 12.0. The third kappa shape index (κ3) is 2.71. The van der Waals surface area contributed by atoms with E-state index in [-0.39, 0.29) is 17.4 Å². The van der Waals surface area contributed by atoms with Crippen LogP contribution >= 0.6 is 0 Å². The van der Waals surface area contributed by atoms with Crippen LogP contribution in [0.2, 0.25) is 0 Å². The van der Waals surface area contributed by atoms with Crippen LogP contribution in [0.25, 0.3) is 0 Å². The molecule has 1 atom stereocenters. The fraction of sp³-hybridized carbons (Fsp3) is 0.909. The van der Waals surface area contributed by atoms with Gasteiger partial charge in [-0.3, -0.25) is 4.79 Å². The third-order valence-corrected chi connectivity index (χ3v) is 2.52. The summed E-state index contributed by atoms with van der Waals surface area (Å²) in [5, 5.41) is 0. The molecule has 1 aliphatic rings. The monoisotopic (exact) mass is 199 g/mol. The molecule has 0 spiro atoms. The molecule has 14 heavy (non-hydrogen) atoms. The molecule has 0 aromatic rings. The van der Waals surface area contributed by atoms with Crippen molar-refractivity contribution in [2.24, 2.45) is 5.41 Å². The van der Waals surface area contributed by atoms with Gasteiger partial charge in [-0.25, -0.2) is 0 Å². The summed E-state index contributed by atoms with van der Waals surface area (Å²) in [5.74, 6) is 0.235. The molecule has 1 amide bonds. The molecule has 82 valence electrons. The molecular formula is C11H21NO2. The van der Waals surface area contributed by atoms with Crippen LogP contribution in [-0.4, -0.2) is 36.6 Å². The molecule has 0 N–H and O–H groups in total. The maximum atomic E-state index is 12.0. The second-order valence-electron chi connectivity index (χ2n) is 4.90. The number of amides is 1. The molecule has 0 radical (unpaired) electrons. The van der Waals surface area contributed by atoms with Crippen LogP contribution < -0.4 is 0 Å². The van der Waals surface area contributed by atoms with Gasteiger partial charge >= 0.3 is 0 Å². The lowest BCUT2D eigenvalue weighted by Crippen LogP contribution is -2.49. The zero-order valence-electron chi connectivity index (χ0n) is 9.67. The van der Waals surface area contributed by atoms with E-state index in [9.17, 15) is 4.79 Å². The lowest BCUT2D eigenvalue weighted by atomic mass is 9.94. The van der Waals surface area contributed by atoms with Crippen LogP contribution in [0.15, 0.2) is 0 Å². The summed E-state index contributed by atoms with van der Waals surface area (Å²) >= 11 is 0. The fourth-order valence-corrected chi connectivity index (χ4v) is 1.63. The van der Waals surface area contributed by atoms with Gasteiger partial charge in [0.15, 0.2) is 0 Å². The van der Waals surface area contributed by atoms with Gasteiger partial charge in [-0.1, -0.05) is 27.7 Å². The van der Waals surface area contributed by atoms with Crippen molar-refractivity contribution in [2.75, 3.05) is 19.7 Å². The predicted octanol–water partition coefficient (Wildman–Crippen LogP) is 1.67. The minimum atomic E-state index is -0.268. The van der Waals surface area contributed by atoms with Crippen LogP contribution in [0.1, 0.15) is 34.1 Å². The maximum Gasteiger partial charge on any atom is 0.228 e. The molecule has 0 aliphatic carbocycles. The smallest absolute Gasteiger partial charge is 0.228 e. The Morgan fingerprint density at radius 2 is 2.14 bits per heavy atom. The Kier molecular flexibility index (Phi) is 3.53. The fourth-order valence-electron chi connectivity index (χ4n) is 1.63. The quantitative estimate of drug-likeness (QED) is 0.643. The highest BCUT2D eigenvalue weighted by Crippen LogP contribution is 2.19. The Labute approximate surface area is 86.4 Å². The van der Waals surface area contributed by atoms with Gasteiger partial charge in [0, 0.05) is 18.5 Å². The van der Waals surface area contributed by atoms with Crippen molar-refractivity contribution < 1.29 is 9.53 Å². The second-order valence-corrected chi connectivity index (χ2v) is 4.90. The Hall–Kier alpha value is -0.570. The normalized spacial score (nSPS) is 23.7. The minimum Gasteiger partial charge on any atom is -0.375 e. The van der Waals surface area contributed by atoms with Crippen molar-refractivity contribution in [3.63, 3.8) is 0 Å². The van der Waals surface area contributed by atoms with Gasteiger partial charge in [0.25, 0.3) is 0 Å². The molecule has 0 aromatic heterocycles. The number of hydrogen-bond donors (Lipinski definition) is 0. The zero-order valence-corrected chi connectivity index (χ0v) is 9.67. The molecule has 1 aliphatic heterocycles. The molecule has 0 saturated carbocycles. The second kappa shape index (κ2) is 4.30. The summed E-state index contributed by atoms with van der Waals surface area (Å²) in [6.07, 6.45) is 1.21. The van der Waals surface area contributed by atoms with Crippen LogP contribution in [0.3, 0.4) is 0 Å². The number of hydrogen-bond acceptors (Lipinski definition) is 2. The van der Waals surface area contributed by atoms with Crippen molar-refractivity contribution in [2.45, 2.75) is 40.2 Å². The van der Waals surface area contributed by atoms with Gasteiger partial charge in [0.05, 0.1) is 12.7 Å². The topological polar surface area (TPSA) is 29.5 Å². The highest BCUT2D eigenvalue weighted by molar-refractivity contribution is 5.81. The number of carbonyl (C=O) groups is 1. The number of carbonyl (C=O) groups excluding carboxylic acids is 1. The average Bonchev–Trinajstić information content (AvgIpc) is 2.15. The summed E-state index contributed by atoms with van der Waals surface area (Å²) in [5.41, 5.74) is -0.268. The van der Waals surface area contributed by atoms with E-state index in [4.69, 9.17) is 4.74 Å². The van der Waals surface area contributed by atoms with Crippen molar-refractivity contribution >= 4 is 5.91 Å². The van der Waals surface area contributed by atoms with Crippen molar-refractivity contribution in [3.05, 3.63) is 0 Å². The van der Waals surface area contributed by atoms with E-state index in [2.05, 4.69) is 6.92 Å². The van der Waals surface area contributed by atoms with Gasteiger partial charge < -0.3 is 9.64 Å². The van der Waals surface area contributed by atoms with Crippen LogP contribution in [0.5, 0.6) is 0 Å². The largest absolute Gasteiger partial charge is 0.375 e. The van der Waals surface area contributed by atoms with E-state index in [1.165, 1.54) is 0 Å². The van der Waals surface area contributed by atoms with Gasteiger partial charge in [-0.2, -0.15) is 0 Å². The lowest BCUT2D eigenvalue weighted by molar-refractivity contribution is -0.147. The number of nitrogens with zero attached hydrogens (tertiary/aromatic N) is 1. The van der Waals surface area contributed by atoms with E-state index >= 15 is 0 Å². The summed E-state index contributed by atoms with van der Waals surface area (Å²) in [6, 6.07) is 0. The predicted molar refractivity (Wildman–Crippen MR) is 56.1 cm³/mol. The van der Waals surface area contributed by atoms with E-state index in [0.29, 0.717) is 6.61 Å². The van der Waals surface area contributed by atoms with Crippen molar-refractivity contribution in [3.8, 4) is 0 Å². The summed E-state index contributed by atoms with van der Waals surface area (Å²) in [4.78, 5) is 13.9. The number of morpholine rings is 1. The zero-order chi connectivity index (χ0) is 10.8. The standard InChI is InChI=1S/C11H21NO2/c1-5-9-8-12(6-7-14-9)10(13)11(2,3)4/h9H,5-8H2,1-4H3. The highest BCUT2D eigenvalue weighted by atomic mass is 16.5. The summed E-state index contributed by atoms with van der Waals surface area (Å²) < 4.78 is 5.53. The molecule has 1 rings (SSSR count). The molecular weight excluding hydrogens is 178 g/mol. The highest BCUT2D eigenvalue weighted by Gasteiger charge is 2.30. The van der Waals surface area contributed by atoms with E-state index in [1.807, 2.05) is 25.7 Å². The number of ether oxygens (including phenoxy) is 1. The van der Waals surface area contributed by atoms with Crippen LogP contribution in [0.4, 0.5) is 0 Å². The molecule has 0 bridgehead atoms. The lowest BCUT2D eigenvalue weighted by Gasteiger charge is -2.36. The SMILES string of the molecule is CCC1CN(C(=O)C(C)(C)C)CCO1. The summed E-state index contributed by atoms with van der Waals surface area (Å²) in [6.45, 7) is 10.2. The Bertz CT molecular complexity index is 208. The first-order valence-electron chi connectivity index (χ1n) is 5.36. The van der Waals surface area contributed by atoms with Gasteiger partial charge in [-0.15, -0.1) is 0 Å². The summed E-state index contributed by atoms with van der Waals surface area (Å²) in [7, 11) is 0. The van der Waals surface area contributed by atoms with Gasteiger partial charge in [0.1, 0.15) is 0 Å². The molecule has 1 unspecified atom stereocenters. The van der Waals surface area contributed by atoms with E-state index < -0.39 is 0 Å². The first-order valence-corrected chi connectivity index (χ1v) is 5.36. The Morgan fingerprint density at radius 3 is 2.64 bits per heavy atom. The number of rotatable bonds is 1. The van der Waals surface area contributed by atoms with E-state index in [1.54, 1.807) is 0 Å². The van der Waals surface area contributed by atoms with Gasteiger partial charge in [0.2, 0.25) is 5.91 Å². The van der Waals surface area contributed by atoms with Crippen molar-refractivity contribution in [1.29, 1.82) is 0 Å². The van der Waals surface area contributed by atoms with E-state index in [0.717, 1.165) is 19.5 Å². The van der Waals surface area contributed by atoms with Crippen LogP contribution in [0, 0.1) is 5.41 Å². The Balaban J connectivity index is 2.56. The first-order chi connectivity index (χ1) is 6.45. The first kappa shape index (κ1) is 11.5.